The van der Waals surface area contributed by atoms with E-state index in [1.165, 1.54) is 12.8 Å². The van der Waals surface area contributed by atoms with Gasteiger partial charge in [-0.05, 0) is 29.9 Å². The minimum atomic E-state index is 0.704. The van der Waals surface area contributed by atoms with E-state index >= 15 is 0 Å². The third kappa shape index (κ3) is 6.11. The van der Waals surface area contributed by atoms with Crippen molar-refractivity contribution in [1.29, 1.82) is 5.26 Å². The average Bonchev–Trinajstić information content (AvgIpc) is 2.45. The molecule has 0 fully saturated rings. The number of methoxy groups -OCH3 is 1. The molecule has 0 aliphatic heterocycles. The van der Waals surface area contributed by atoms with E-state index in [0.29, 0.717) is 6.61 Å². The van der Waals surface area contributed by atoms with Crippen LogP contribution in [-0.4, -0.2) is 26.0 Å². The summed E-state index contributed by atoms with van der Waals surface area (Å²) in [6, 6.07) is 8.43. The standard InChI is InChI=1S/C15H22N2OS/c1-3-4-9-19-15-6-5-13(10-14(15)11-16)12-17-7-8-18-2/h5-6,10,17H,3-4,7-9,12H2,1-2H3. The lowest BCUT2D eigenvalue weighted by atomic mass is 10.1. The van der Waals surface area contributed by atoms with Crippen LogP contribution < -0.4 is 5.32 Å². The molecule has 104 valence electrons. The van der Waals surface area contributed by atoms with Crippen molar-refractivity contribution >= 4 is 11.8 Å². The Morgan fingerprint density at radius 2 is 2.26 bits per heavy atom. The Labute approximate surface area is 120 Å². The fraction of sp³-hybridized carbons (Fsp3) is 0.533. The molecule has 0 bridgehead atoms. The SMILES string of the molecule is CCCCSc1ccc(CNCCOC)cc1C#N. The zero-order valence-corrected chi connectivity index (χ0v) is 12.6. The number of hydrogen-bond donors (Lipinski definition) is 1. The van der Waals surface area contributed by atoms with E-state index in [9.17, 15) is 5.26 Å². The second-order valence-corrected chi connectivity index (χ2v) is 5.45. The van der Waals surface area contributed by atoms with Gasteiger partial charge in [0, 0.05) is 25.1 Å². The lowest BCUT2D eigenvalue weighted by Crippen LogP contribution is -2.18. The summed E-state index contributed by atoms with van der Waals surface area (Å²) in [7, 11) is 1.69. The highest BCUT2D eigenvalue weighted by molar-refractivity contribution is 7.99. The third-order valence-electron chi connectivity index (χ3n) is 2.73. The Morgan fingerprint density at radius 3 is 2.95 bits per heavy atom. The van der Waals surface area contributed by atoms with Crippen molar-refractivity contribution in [2.45, 2.75) is 31.2 Å². The molecule has 0 spiro atoms. The predicted octanol–water partition coefficient (Wildman–Crippen LogP) is 3.19. The maximum atomic E-state index is 9.21. The van der Waals surface area contributed by atoms with Crippen LogP contribution in [-0.2, 0) is 11.3 Å². The first-order chi connectivity index (χ1) is 9.31. The molecule has 1 aromatic rings. The van der Waals surface area contributed by atoms with Gasteiger partial charge in [0.25, 0.3) is 0 Å². The number of unbranched alkanes of at least 4 members (excludes halogenated alkanes) is 1. The fourth-order valence-corrected chi connectivity index (χ4v) is 2.71. The molecule has 0 atom stereocenters. The van der Waals surface area contributed by atoms with Crippen molar-refractivity contribution in [2.24, 2.45) is 0 Å². The molecule has 19 heavy (non-hydrogen) atoms. The molecule has 0 aromatic heterocycles. The summed E-state index contributed by atoms with van der Waals surface area (Å²) in [5, 5.41) is 12.5. The fourth-order valence-electron chi connectivity index (χ4n) is 1.63. The number of benzene rings is 1. The number of nitriles is 1. The van der Waals surface area contributed by atoms with Crippen LogP contribution >= 0.6 is 11.8 Å². The first-order valence-corrected chi connectivity index (χ1v) is 7.65. The zero-order valence-electron chi connectivity index (χ0n) is 11.7. The lowest BCUT2D eigenvalue weighted by Gasteiger charge is -2.08. The predicted molar refractivity (Wildman–Crippen MR) is 80.4 cm³/mol. The highest BCUT2D eigenvalue weighted by Crippen LogP contribution is 2.24. The van der Waals surface area contributed by atoms with Crippen LogP contribution in [0.4, 0.5) is 0 Å². The second kappa shape index (κ2) is 9.85. The van der Waals surface area contributed by atoms with Crippen LogP contribution in [0.5, 0.6) is 0 Å². The van der Waals surface area contributed by atoms with Gasteiger partial charge in [0.15, 0.2) is 0 Å². The van der Waals surface area contributed by atoms with Crippen molar-refractivity contribution in [3.63, 3.8) is 0 Å². The number of thioether (sulfide) groups is 1. The molecule has 0 saturated heterocycles. The van der Waals surface area contributed by atoms with Crippen LogP contribution in [0.2, 0.25) is 0 Å². The van der Waals surface area contributed by atoms with Crippen LogP contribution in [0.3, 0.4) is 0 Å². The van der Waals surface area contributed by atoms with Crippen LogP contribution in [0.15, 0.2) is 23.1 Å². The minimum absolute atomic E-state index is 0.704. The van der Waals surface area contributed by atoms with Gasteiger partial charge in [-0.2, -0.15) is 5.26 Å². The molecular formula is C15H22N2OS. The summed E-state index contributed by atoms with van der Waals surface area (Å²) >= 11 is 1.77. The van der Waals surface area contributed by atoms with E-state index in [2.05, 4.69) is 30.4 Å². The number of nitrogens with one attached hydrogen (secondary N) is 1. The molecule has 0 amide bonds. The van der Waals surface area contributed by atoms with Crippen molar-refractivity contribution in [2.75, 3.05) is 26.0 Å². The number of ether oxygens (including phenoxy) is 1. The molecule has 0 aliphatic rings. The molecular weight excluding hydrogens is 256 g/mol. The summed E-state index contributed by atoms with van der Waals surface area (Å²) in [4.78, 5) is 1.09. The quantitative estimate of drug-likeness (QED) is 0.556. The van der Waals surface area contributed by atoms with Gasteiger partial charge in [-0.15, -0.1) is 11.8 Å². The largest absolute Gasteiger partial charge is 0.383 e. The number of nitrogens with zero attached hydrogens (tertiary/aromatic N) is 1. The smallest absolute Gasteiger partial charge is 0.100 e. The molecule has 4 heteroatoms. The Bertz CT molecular complexity index is 415. The second-order valence-electron chi connectivity index (χ2n) is 4.31. The van der Waals surface area contributed by atoms with Gasteiger partial charge in [0.05, 0.1) is 12.2 Å². The molecule has 0 saturated carbocycles. The molecule has 0 radical (unpaired) electrons. The first kappa shape index (κ1) is 16.0. The van der Waals surface area contributed by atoms with Crippen molar-refractivity contribution in [3.8, 4) is 6.07 Å². The Hall–Kier alpha value is -1.02. The Morgan fingerprint density at radius 1 is 1.42 bits per heavy atom. The van der Waals surface area contributed by atoms with Gasteiger partial charge in [-0.25, -0.2) is 0 Å². The van der Waals surface area contributed by atoms with Gasteiger partial charge in [0.2, 0.25) is 0 Å². The number of rotatable bonds is 9. The summed E-state index contributed by atoms with van der Waals surface area (Å²) in [5.74, 6) is 1.08. The van der Waals surface area contributed by atoms with Crippen molar-refractivity contribution in [1.82, 2.24) is 5.32 Å². The summed E-state index contributed by atoms with van der Waals surface area (Å²) in [5.41, 5.74) is 1.93. The lowest BCUT2D eigenvalue weighted by molar-refractivity contribution is 0.199. The molecule has 3 nitrogen and oxygen atoms in total. The average molecular weight is 278 g/mol. The van der Waals surface area contributed by atoms with Crippen LogP contribution in [0.1, 0.15) is 30.9 Å². The Kier molecular flexibility index (Phi) is 8.31. The van der Waals surface area contributed by atoms with E-state index in [1.807, 2.05) is 6.07 Å². The topological polar surface area (TPSA) is 45.0 Å². The first-order valence-electron chi connectivity index (χ1n) is 6.67. The van der Waals surface area contributed by atoms with E-state index in [-0.39, 0.29) is 0 Å². The van der Waals surface area contributed by atoms with E-state index < -0.39 is 0 Å². The minimum Gasteiger partial charge on any atom is -0.383 e. The monoisotopic (exact) mass is 278 g/mol. The summed E-state index contributed by atoms with van der Waals surface area (Å²) in [6.45, 7) is 4.49. The highest BCUT2D eigenvalue weighted by Gasteiger charge is 2.04. The van der Waals surface area contributed by atoms with Gasteiger partial charge in [0.1, 0.15) is 6.07 Å². The molecule has 0 unspecified atom stereocenters. The van der Waals surface area contributed by atoms with Gasteiger partial charge >= 0.3 is 0 Å². The van der Waals surface area contributed by atoms with Crippen LogP contribution in [0, 0.1) is 11.3 Å². The molecule has 0 heterocycles. The molecule has 1 rings (SSSR count). The molecule has 0 aliphatic carbocycles. The molecule has 1 N–H and O–H groups in total. The van der Waals surface area contributed by atoms with E-state index in [4.69, 9.17) is 4.74 Å². The maximum absolute atomic E-state index is 9.21. The van der Waals surface area contributed by atoms with Crippen molar-refractivity contribution < 1.29 is 4.74 Å². The van der Waals surface area contributed by atoms with Gasteiger partial charge in [-0.3, -0.25) is 0 Å². The van der Waals surface area contributed by atoms with E-state index in [1.54, 1.807) is 18.9 Å². The third-order valence-corrected chi connectivity index (χ3v) is 3.89. The summed E-state index contributed by atoms with van der Waals surface area (Å²) in [6.07, 6.45) is 2.38. The highest BCUT2D eigenvalue weighted by atomic mass is 32.2. The van der Waals surface area contributed by atoms with E-state index in [0.717, 1.165) is 34.9 Å². The number of hydrogen-bond acceptors (Lipinski definition) is 4. The Balaban J connectivity index is 2.55. The normalized spacial score (nSPS) is 10.4. The molecule has 1 aromatic carbocycles. The summed E-state index contributed by atoms with van der Waals surface area (Å²) < 4.78 is 4.98. The van der Waals surface area contributed by atoms with Gasteiger partial charge in [-0.1, -0.05) is 19.4 Å². The van der Waals surface area contributed by atoms with Crippen LogP contribution in [0.25, 0.3) is 0 Å². The van der Waals surface area contributed by atoms with Gasteiger partial charge < -0.3 is 10.1 Å². The maximum Gasteiger partial charge on any atom is 0.100 e. The zero-order chi connectivity index (χ0) is 13.9. The van der Waals surface area contributed by atoms with Crippen molar-refractivity contribution in [3.05, 3.63) is 29.3 Å².